The predicted octanol–water partition coefficient (Wildman–Crippen LogP) is 5.00. The van der Waals surface area contributed by atoms with Crippen LogP contribution >= 0.6 is 11.6 Å². The number of piperidine rings is 1. The number of benzene rings is 2. The van der Waals surface area contributed by atoms with Gasteiger partial charge in [0.2, 0.25) is 5.91 Å². The Balaban J connectivity index is 1.36. The fraction of sp³-hybridized carbons (Fsp3) is 0.318. The number of amides is 1. The number of hydrogen-bond acceptors (Lipinski definition) is 2. The molecule has 1 aromatic heterocycles. The van der Waals surface area contributed by atoms with Crippen LogP contribution < -0.4 is 4.74 Å². The highest BCUT2D eigenvalue weighted by Crippen LogP contribution is 2.30. The molecule has 4 rings (SSSR count). The number of carbonyl (C=O) groups is 1. The normalized spacial score (nSPS) is 17.2. The molecule has 1 atom stereocenters. The van der Waals surface area contributed by atoms with E-state index in [0.29, 0.717) is 18.9 Å². The van der Waals surface area contributed by atoms with Crippen molar-refractivity contribution in [2.24, 2.45) is 0 Å². The van der Waals surface area contributed by atoms with Crippen LogP contribution in [0.5, 0.6) is 5.75 Å². The summed E-state index contributed by atoms with van der Waals surface area (Å²) < 4.78 is 5.66. The maximum atomic E-state index is 12.6. The summed E-state index contributed by atoms with van der Waals surface area (Å²) >= 11 is 6.09. The Hall–Kier alpha value is -2.46. The van der Waals surface area contributed by atoms with E-state index in [-0.39, 0.29) is 5.91 Å². The standard InChI is InChI=1S/C22H23ClN2O2/c23-18-8-9-20-17(13-18)14-21(24-20)16-5-4-11-25(15-16)22(26)10-12-27-19-6-2-1-3-7-19/h1-3,6-9,13-14,16,24H,4-5,10-12,15H2. The number of H-pyrrole nitrogens is 1. The molecule has 140 valence electrons. The number of nitrogens with zero attached hydrogens (tertiary/aromatic N) is 1. The van der Waals surface area contributed by atoms with Crippen molar-refractivity contribution in [3.05, 3.63) is 65.3 Å². The molecule has 1 fully saturated rings. The summed E-state index contributed by atoms with van der Waals surface area (Å²) in [6.45, 7) is 1.99. The lowest BCUT2D eigenvalue weighted by molar-refractivity contribution is -0.132. The van der Waals surface area contributed by atoms with Crippen LogP contribution in [-0.4, -0.2) is 35.5 Å². The van der Waals surface area contributed by atoms with E-state index in [2.05, 4.69) is 11.1 Å². The predicted molar refractivity (Wildman–Crippen MR) is 108 cm³/mol. The van der Waals surface area contributed by atoms with E-state index in [1.54, 1.807) is 0 Å². The summed E-state index contributed by atoms with van der Waals surface area (Å²) in [4.78, 5) is 18.1. The van der Waals surface area contributed by atoms with Gasteiger partial charge in [0.1, 0.15) is 5.75 Å². The van der Waals surface area contributed by atoms with Gasteiger partial charge in [0.05, 0.1) is 13.0 Å². The molecule has 1 unspecified atom stereocenters. The minimum absolute atomic E-state index is 0.162. The van der Waals surface area contributed by atoms with Gasteiger partial charge in [0, 0.05) is 40.6 Å². The van der Waals surface area contributed by atoms with Gasteiger partial charge in [-0.25, -0.2) is 0 Å². The first kappa shape index (κ1) is 17.9. The largest absolute Gasteiger partial charge is 0.493 e. The zero-order chi connectivity index (χ0) is 18.6. The topological polar surface area (TPSA) is 45.3 Å². The third-order valence-electron chi connectivity index (χ3n) is 5.15. The van der Waals surface area contributed by atoms with Gasteiger partial charge < -0.3 is 14.6 Å². The SMILES string of the molecule is O=C(CCOc1ccccc1)N1CCCC(c2cc3cc(Cl)ccc3[nH]2)C1. The van der Waals surface area contributed by atoms with Gasteiger partial charge in [-0.3, -0.25) is 4.79 Å². The molecule has 0 aliphatic carbocycles. The summed E-state index contributed by atoms with van der Waals surface area (Å²) in [7, 11) is 0. The molecule has 1 aliphatic rings. The Labute approximate surface area is 164 Å². The van der Waals surface area contributed by atoms with Gasteiger partial charge in [0.25, 0.3) is 0 Å². The fourth-order valence-electron chi connectivity index (χ4n) is 3.73. The minimum Gasteiger partial charge on any atom is -0.493 e. The summed E-state index contributed by atoms with van der Waals surface area (Å²) in [6.07, 6.45) is 2.51. The van der Waals surface area contributed by atoms with Crippen LogP contribution in [0.2, 0.25) is 5.02 Å². The Bertz CT molecular complexity index is 922. The zero-order valence-electron chi connectivity index (χ0n) is 15.2. The highest BCUT2D eigenvalue weighted by Gasteiger charge is 2.25. The van der Waals surface area contributed by atoms with E-state index < -0.39 is 0 Å². The van der Waals surface area contributed by atoms with E-state index in [1.165, 1.54) is 5.69 Å². The lowest BCUT2D eigenvalue weighted by Gasteiger charge is -2.32. The van der Waals surface area contributed by atoms with Gasteiger partial charge >= 0.3 is 0 Å². The van der Waals surface area contributed by atoms with E-state index in [4.69, 9.17) is 16.3 Å². The first-order chi connectivity index (χ1) is 13.2. The third-order valence-corrected chi connectivity index (χ3v) is 5.38. The maximum Gasteiger partial charge on any atom is 0.226 e. The van der Waals surface area contributed by atoms with Crippen LogP contribution in [0.15, 0.2) is 54.6 Å². The Morgan fingerprint density at radius 3 is 2.89 bits per heavy atom. The summed E-state index contributed by atoms with van der Waals surface area (Å²) in [6, 6.07) is 17.7. The smallest absolute Gasteiger partial charge is 0.226 e. The second-order valence-electron chi connectivity index (χ2n) is 7.05. The van der Waals surface area contributed by atoms with Crippen LogP contribution in [-0.2, 0) is 4.79 Å². The molecule has 0 radical (unpaired) electrons. The van der Waals surface area contributed by atoms with Crippen LogP contribution in [0.25, 0.3) is 10.9 Å². The van der Waals surface area contributed by atoms with Gasteiger partial charge in [0.15, 0.2) is 0 Å². The molecule has 0 saturated carbocycles. The number of nitrogens with one attached hydrogen (secondary N) is 1. The highest BCUT2D eigenvalue weighted by atomic mass is 35.5. The Morgan fingerprint density at radius 1 is 1.19 bits per heavy atom. The number of likely N-dealkylation sites (tertiary alicyclic amines) is 1. The average molecular weight is 383 g/mol. The van der Waals surface area contributed by atoms with Crippen LogP contribution in [0.1, 0.15) is 30.9 Å². The Kier molecular flexibility index (Phi) is 5.35. The molecule has 2 heterocycles. The van der Waals surface area contributed by atoms with Crippen molar-refractivity contribution in [1.29, 1.82) is 0 Å². The van der Waals surface area contributed by atoms with Gasteiger partial charge in [-0.05, 0) is 49.2 Å². The third kappa shape index (κ3) is 4.28. The van der Waals surface area contributed by atoms with Crippen molar-refractivity contribution in [1.82, 2.24) is 9.88 Å². The number of hydrogen-bond donors (Lipinski definition) is 1. The molecule has 2 aromatic carbocycles. The van der Waals surface area contributed by atoms with Crippen molar-refractivity contribution >= 4 is 28.4 Å². The molecule has 3 aromatic rings. The number of fused-ring (bicyclic) bond motifs is 1. The minimum atomic E-state index is 0.162. The summed E-state index contributed by atoms with van der Waals surface area (Å²) in [5.41, 5.74) is 2.28. The first-order valence-corrected chi connectivity index (χ1v) is 9.80. The lowest BCUT2D eigenvalue weighted by Crippen LogP contribution is -2.39. The van der Waals surface area contributed by atoms with Crippen molar-refractivity contribution in [3.8, 4) is 5.75 Å². The van der Waals surface area contributed by atoms with E-state index in [0.717, 1.165) is 47.6 Å². The van der Waals surface area contributed by atoms with E-state index >= 15 is 0 Å². The van der Waals surface area contributed by atoms with Gasteiger partial charge in [-0.15, -0.1) is 0 Å². The summed E-state index contributed by atoms with van der Waals surface area (Å²) in [5, 5.41) is 1.86. The molecule has 27 heavy (non-hydrogen) atoms. The molecule has 0 bridgehead atoms. The van der Waals surface area contributed by atoms with Gasteiger partial charge in [-0.2, -0.15) is 0 Å². The van der Waals surface area contributed by atoms with Crippen molar-refractivity contribution in [3.63, 3.8) is 0 Å². The number of carbonyl (C=O) groups excluding carboxylic acids is 1. The maximum absolute atomic E-state index is 12.6. The molecule has 1 aliphatic heterocycles. The molecule has 4 nitrogen and oxygen atoms in total. The second-order valence-corrected chi connectivity index (χ2v) is 7.48. The number of para-hydroxylation sites is 1. The lowest BCUT2D eigenvalue weighted by atomic mass is 9.94. The average Bonchev–Trinajstić information content (AvgIpc) is 3.12. The van der Waals surface area contributed by atoms with E-state index in [1.807, 2.05) is 53.4 Å². The van der Waals surface area contributed by atoms with Crippen LogP contribution in [0.4, 0.5) is 0 Å². The molecule has 1 N–H and O–H groups in total. The number of halogens is 1. The molecular formula is C22H23ClN2O2. The number of aromatic nitrogens is 1. The quantitative estimate of drug-likeness (QED) is 0.675. The second kappa shape index (κ2) is 8.05. The first-order valence-electron chi connectivity index (χ1n) is 9.43. The Morgan fingerprint density at radius 2 is 2.04 bits per heavy atom. The molecular weight excluding hydrogens is 360 g/mol. The van der Waals surface area contributed by atoms with Crippen molar-refractivity contribution in [2.45, 2.75) is 25.2 Å². The van der Waals surface area contributed by atoms with Crippen molar-refractivity contribution < 1.29 is 9.53 Å². The number of rotatable bonds is 5. The molecule has 1 amide bonds. The number of ether oxygens (including phenoxy) is 1. The van der Waals surface area contributed by atoms with E-state index in [9.17, 15) is 4.79 Å². The van der Waals surface area contributed by atoms with Crippen LogP contribution in [0.3, 0.4) is 0 Å². The highest BCUT2D eigenvalue weighted by molar-refractivity contribution is 6.31. The molecule has 5 heteroatoms. The molecule has 0 spiro atoms. The van der Waals surface area contributed by atoms with Gasteiger partial charge in [-0.1, -0.05) is 29.8 Å². The fourth-order valence-corrected chi connectivity index (χ4v) is 3.91. The monoisotopic (exact) mass is 382 g/mol. The number of aromatic amines is 1. The molecule has 1 saturated heterocycles. The summed E-state index contributed by atoms with van der Waals surface area (Å²) in [5.74, 6) is 1.30. The van der Waals surface area contributed by atoms with Crippen LogP contribution in [0, 0.1) is 0 Å². The zero-order valence-corrected chi connectivity index (χ0v) is 15.9. The van der Waals surface area contributed by atoms with Crippen molar-refractivity contribution in [2.75, 3.05) is 19.7 Å².